The summed E-state index contributed by atoms with van der Waals surface area (Å²) in [5, 5.41) is 9.60. The lowest BCUT2D eigenvalue weighted by Crippen LogP contribution is -2.24. The summed E-state index contributed by atoms with van der Waals surface area (Å²) in [7, 11) is 0. The standard InChI is InChI=1S/C11H19NOS2/c1-7-4-5-10(14-7)11(9(3)12)15-8(2)6-13/h4-5,8-9,11,13H,6,12H2,1-3H3. The highest BCUT2D eigenvalue weighted by Gasteiger charge is 2.20. The minimum atomic E-state index is 0.113. The first-order valence-corrected chi connectivity index (χ1v) is 6.88. The molecule has 1 heterocycles. The van der Waals surface area contributed by atoms with Gasteiger partial charge in [-0.15, -0.1) is 23.1 Å². The molecule has 0 aromatic carbocycles. The van der Waals surface area contributed by atoms with Crippen molar-refractivity contribution in [3.8, 4) is 0 Å². The Kier molecular flexibility index (Phi) is 5.12. The summed E-state index contributed by atoms with van der Waals surface area (Å²) in [6.07, 6.45) is 0. The van der Waals surface area contributed by atoms with Crippen LogP contribution in [-0.4, -0.2) is 23.0 Å². The maximum absolute atomic E-state index is 9.06. The molecule has 3 unspecified atom stereocenters. The van der Waals surface area contributed by atoms with E-state index in [-0.39, 0.29) is 17.9 Å². The van der Waals surface area contributed by atoms with Crippen molar-refractivity contribution >= 4 is 23.1 Å². The van der Waals surface area contributed by atoms with Crippen molar-refractivity contribution in [2.75, 3.05) is 6.61 Å². The van der Waals surface area contributed by atoms with Gasteiger partial charge in [-0.05, 0) is 26.0 Å². The largest absolute Gasteiger partial charge is 0.395 e. The molecule has 0 fully saturated rings. The quantitative estimate of drug-likeness (QED) is 0.838. The molecule has 2 nitrogen and oxygen atoms in total. The van der Waals surface area contributed by atoms with Crippen molar-refractivity contribution in [2.24, 2.45) is 5.73 Å². The Labute approximate surface area is 99.9 Å². The Morgan fingerprint density at radius 2 is 2.13 bits per heavy atom. The number of nitrogens with two attached hydrogens (primary N) is 1. The Morgan fingerprint density at radius 1 is 1.47 bits per heavy atom. The van der Waals surface area contributed by atoms with Gasteiger partial charge in [0.1, 0.15) is 0 Å². The average Bonchev–Trinajstić information content (AvgIpc) is 2.60. The van der Waals surface area contributed by atoms with Gasteiger partial charge in [0, 0.05) is 21.0 Å². The van der Waals surface area contributed by atoms with Crippen LogP contribution in [0.4, 0.5) is 0 Å². The molecule has 1 aromatic rings. The van der Waals surface area contributed by atoms with Crippen molar-refractivity contribution in [3.63, 3.8) is 0 Å². The van der Waals surface area contributed by atoms with Crippen molar-refractivity contribution in [1.29, 1.82) is 0 Å². The summed E-state index contributed by atoms with van der Waals surface area (Å²) in [5.74, 6) is 0. The molecule has 0 aliphatic carbocycles. The van der Waals surface area contributed by atoms with E-state index in [2.05, 4.69) is 19.1 Å². The van der Waals surface area contributed by atoms with Gasteiger partial charge in [-0.25, -0.2) is 0 Å². The van der Waals surface area contributed by atoms with E-state index < -0.39 is 0 Å². The predicted octanol–water partition coefficient (Wildman–Crippen LogP) is 2.56. The van der Waals surface area contributed by atoms with Crippen LogP contribution >= 0.6 is 23.1 Å². The van der Waals surface area contributed by atoms with Gasteiger partial charge in [0.25, 0.3) is 0 Å². The van der Waals surface area contributed by atoms with Gasteiger partial charge >= 0.3 is 0 Å². The summed E-state index contributed by atoms with van der Waals surface area (Å²) in [5.41, 5.74) is 5.99. The Balaban J connectivity index is 2.74. The van der Waals surface area contributed by atoms with E-state index in [4.69, 9.17) is 10.8 Å². The molecule has 0 aliphatic heterocycles. The van der Waals surface area contributed by atoms with Crippen molar-refractivity contribution in [3.05, 3.63) is 21.9 Å². The van der Waals surface area contributed by atoms with Crippen LogP contribution in [0.1, 0.15) is 28.9 Å². The molecule has 86 valence electrons. The molecular formula is C11H19NOS2. The van der Waals surface area contributed by atoms with Crippen LogP contribution in [0, 0.1) is 6.92 Å². The van der Waals surface area contributed by atoms with E-state index in [0.29, 0.717) is 5.25 Å². The monoisotopic (exact) mass is 245 g/mol. The van der Waals surface area contributed by atoms with E-state index in [1.807, 2.05) is 13.8 Å². The van der Waals surface area contributed by atoms with Crippen LogP contribution in [0.5, 0.6) is 0 Å². The summed E-state index contributed by atoms with van der Waals surface area (Å²) in [4.78, 5) is 2.63. The maximum Gasteiger partial charge on any atom is 0.0547 e. The van der Waals surface area contributed by atoms with Gasteiger partial charge in [0.2, 0.25) is 0 Å². The normalized spacial score (nSPS) is 17.4. The molecule has 0 radical (unpaired) electrons. The Hall–Kier alpha value is -0.0300. The molecule has 1 rings (SSSR count). The molecule has 0 bridgehead atoms. The number of aliphatic hydroxyl groups excluding tert-OH is 1. The van der Waals surface area contributed by atoms with Crippen molar-refractivity contribution < 1.29 is 5.11 Å². The first-order valence-electron chi connectivity index (χ1n) is 5.12. The van der Waals surface area contributed by atoms with Gasteiger partial charge in [0.05, 0.1) is 11.9 Å². The summed E-state index contributed by atoms with van der Waals surface area (Å²) < 4.78 is 0. The number of hydrogen-bond donors (Lipinski definition) is 2. The Morgan fingerprint density at radius 3 is 2.53 bits per heavy atom. The van der Waals surface area contributed by atoms with Crippen molar-refractivity contribution in [1.82, 2.24) is 0 Å². The zero-order valence-corrected chi connectivity index (χ0v) is 11.1. The number of rotatable bonds is 5. The van der Waals surface area contributed by atoms with Crippen LogP contribution in [0.2, 0.25) is 0 Å². The molecule has 4 heteroatoms. The van der Waals surface area contributed by atoms with Crippen LogP contribution in [0.15, 0.2) is 12.1 Å². The van der Waals surface area contributed by atoms with E-state index >= 15 is 0 Å². The fourth-order valence-corrected chi connectivity index (χ4v) is 3.68. The highest BCUT2D eigenvalue weighted by atomic mass is 32.2. The first kappa shape index (κ1) is 13.0. The number of hydrogen-bond acceptors (Lipinski definition) is 4. The smallest absolute Gasteiger partial charge is 0.0547 e. The third kappa shape index (κ3) is 3.79. The van der Waals surface area contributed by atoms with Crippen LogP contribution in [0.25, 0.3) is 0 Å². The second-order valence-corrected chi connectivity index (χ2v) is 6.76. The third-order valence-corrected chi connectivity index (χ3v) is 4.98. The minimum Gasteiger partial charge on any atom is -0.395 e. The number of aliphatic hydroxyl groups is 1. The molecule has 3 atom stereocenters. The molecule has 0 spiro atoms. The topological polar surface area (TPSA) is 46.2 Å². The summed E-state index contributed by atoms with van der Waals surface area (Å²) in [6, 6.07) is 4.38. The molecule has 1 aromatic heterocycles. The molecular weight excluding hydrogens is 226 g/mol. The van der Waals surface area contributed by atoms with Crippen molar-refractivity contribution in [2.45, 2.75) is 37.3 Å². The van der Waals surface area contributed by atoms with Gasteiger partial charge < -0.3 is 10.8 Å². The molecule has 15 heavy (non-hydrogen) atoms. The van der Waals surface area contributed by atoms with E-state index in [9.17, 15) is 0 Å². The lowest BCUT2D eigenvalue weighted by molar-refractivity contribution is 0.299. The molecule has 0 aliphatic rings. The maximum atomic E-state index is 9.06. The van der Waals surface area contributed by atoms with Crippen LogP contribution in [0.3, 0.4) is 0 Å². The number of thioether (sulfide) groups is 1. The van der Waals surface area contributed by atoms with E-state index in [0.717, 1.165) is 0 Å². The fourth-order valence-electron chi connectivity index (χ4n) is 1.35. The summed E-state index contributed by atoms with van der Waals surface area (Å²) in [6.45, 7) is 6.36. The molecule has 3 N–H and O–H groups in total. The number of aryl methyl sites for hydroxylation is 1. The second-order valence-electron chi connectivity index (χ2n) is 3.86. The summed E-state index contributed by atoms with van der Waals surface area (Å²) >= 11 is 3.55. The van der Waals surface area contributed by atoms with Crippen LogP contribution < -0.4 is 5.73 Å². The zero-order valence-electron chi connectivity index (χ0n) is 9.43. The van der Waals surface area contributed by atoms with Gasteiger partial charge in [-0.3, -0.25) is 0 Å². The highest BCUT2D eigenvalue weighted by Crippen LogP contribution is 2.37. The van der Waals surface area contributed by atoms with Gasteiger partial charge in [-0.1, -0.05) is 6.92 Å². The average molecular weight is 245 g/mol. The number of thiophene rings is 1. The first-order chi connectivity index (χ1) is 7.04. The minimum absolute atomic E-state index is 0.113. The lowest BCUT2D eigenvalue weighted by atomic mass is 10.2. The second kappa shape index (κ2) is 5.89. The molecule has 0 saturated carbocycles. The van der Waals surface area contributed by atoms with Crippen LogP contribution in [-0.2, 0) is 0 Å². The molecule has 0 saturated heterocycles. The van der Waals surface area contributed by atoms with Gasteiger partial charge in [0.15, 0.2) is 0 Å². The lowest BCUT2D eigenvalue weighted by Gasteiger charge is -2.21. The third-order valence-electron chi connectivity index (χ3n) is 2.16. The predicted molar refractivity (Wildman–Crippen MR) is 69.6 cm³/mol. The zero-order chi connectivity index (χ0) is 11.4. The molecule has 0 amide bonds. The Bertz CT molecular complexity index is 299. The van der Waals surface area contributed by atoms with E-state index in [1.54, 1.807) is 23.1 Å². The highest BCUT2D eigenvalue weighted by molar-refractivity contribution is 8.00. The SMILES string of the molecule is Cc1ccc(C(SC(C)CO)C(C)N)s1. The fraction of sp³-hybridized carbons (Fsp3) is 0.636. The van der Waals surface area contributed by atoms with Gasteiger partial charge in [-0.2, -0.15) is 0 Å². The van der Waals surface area contributed by atoms with E-state index in [1.165, 1.54) is 9.75 Å².